The molecule has 0 aromatic rings. The number of ether oxygens (including phenoxy) is 1. The number of hydrogen-bond acceptors (Lipinski definition) is 4. The average Bonchev–Trinajstić information content (AvgIpc) is 2.39. The van der Waals surface area contributed by atoms with Gasteiger partial charge in [-0.1, -0.05) is 0 Å². The predicted molar refractivity (Wildman–Crippen MR) is 57.5 cm³/mol. The van der Waals surface area contributed by atoms with Crippen molar-refractivity contribution in [3.8, 4) is 6.07 Å². The largest absolute Gasteiger partial charge is 0.381 e. The van der Waals surface area contributed by atoms with Crippen molar-refractivity contribution in [3.63, 3.8) is 0 Å². The molecule has 2 atom stereocenters. The Morgan fingerprint density at radius 3 is 3.12 bits per heavy atom. The number of piperazine rings is 1. The van der Waals surface area contributed by atoms with Crippen molar-refractivity contribution in [3.05, 3.63) is 0 Å². The van der Waals surface area contributed by atoms with E-state index in [4.69, 9.17) is 10.00 Å². The van der Waals surface area contributed by atoms with Crippen molar-refractivity contribution in [2.45, 2.75) is 18.9 Å². The quantitative estimate of drug-likeness (QED) is 0.665. The highest BCUT2D eigenvalue weighted by Gasteiger charge is 2.32. The van der Waals surface area contributed by atoms with Crippen LogP contribution in [-0.2, 0) is 9.53 Å². The van der Waals surface area contributed by atoms with Gasteiger partial charge in [-0.2, -0.15) is 5.26 Å². The second-order valence-electron chi connectivity index (χ2n) is 4.29. The van der Waals surface area contributed by atoms with Gasteiger partial charge in [0.1, 0.15) is 6.04 Å². The summed E-state index contributed by atoms with van der Waals surface area (Å²) >= 11 is 0. The summed E-state index contributed by atoms with van der Waals surface area (Å²) in [6.07, 6.45) is 1.83. The highest BCUT2D eigenvalue weighted by molar-refractivity contribution is 5.80. The minimum atomic E-state index is -0.317. The van der Waals surface area contributed by atoms with Crippen LogP contribution < -0.4 is 5.32 Å². The predicted octanol–water partition coefficient (Wildman–Crippen LogP) is -0.263. The summed E-state index contributed by atoms with van der Waals surface area (Å²) in [6.45, 7) is 3.26. The standard InChI is InChI=1S/C11H17N3O2/c12-6-10-7-13-3-4-14(10)11(15)9-2-1-5-16-8-9/h9-10,13H,1-5,7-8H2. The molecule has 0 aromatic carbocycles. The van der Waals surface area contributed by atoms with E-state index in [1.165, 1.54) is 0 Å². The van der Waals surface area contributed by atoms with Crippen molar-refractivity contribution in [1.82, 2.24) is 10.2 Å². The lowest BCUT2D eigenvalue weighted by atomic mass is 9.99. The highest BCUT2D eigenvalue weighted by atomic mass is 16.5. The molecule has 0 spiro atoms. The van der Waals surface area contributed by atoms with Crippen molar-refractivity contribution in [2.24, 2.45) is 5.92 Å². The molecule has 5 nitrogen and oxygen atoms in total. The van der Waals surface area contributed by atoms with Gasteiger partial charge < -0.3 is 15.0 Å². The molecule has 1 amide bonds. The van der Waals surface area contributed by atoms with Gasteiger partial charge in [-0.25, -0.2) is 0 Å². The first-order chi connectivity index (χ1) is 7.83. The van der Waals surface area contributed by atoms with Crippen molar-refractivity contribution >= 4 is 5.91 Å². The molecule has 2 rings (SSSR count). The van der Waals surface area contributed by atoms with Crippen molar-refractivity contribution < 1.29 is 9.53 Å². The Hall–Kier alpha value is -1.12. The molecule has 2 aliphatic rings. The van der Waals surface area contributed by atoms with Crippen LogP contribution in [0.4, 0.5) is 0 Å². The van der Waals surface area contributed by atoms with Gasteiger partial charge in [-0.15, -0.1) is 0 Å². The molecule has 5 heteroatoms. The fourth-order valence-electron chi connectivity index (χ4n) is 2.25. The van der Waals surface area contributed by atoms with E-state index < -0.39 is 0 Å². The fraction of sp³-hybridized carbons (Fsp3) is 0.818. The smallest absolute Gasteiger partial charge is 0.229 e. The summed E-state index contributed by atoms with van der Waals surface area (Å²) in [6, 6.07) is 1.86. The lowest BCUT2D eigenvalue weighted by molar-refractivity contribution is -0.141. The first-order valence-electron chi connectivity index (χ1n) is 5.81. The van der Waals surface area contributed by atoms with Crippen LogP contribution in [0, 0.1) is 17.2 Å². The number of amides is 1. The third-order valence-corrected chi connectivity index (χ3v) is 3.19. The normalized spacial score (nSPS) is 30.8. The van der Waals surface area contributed by atoms with Crippen LogP contribution in [0.1, 0.15) is 12.8 Å². The molecule has 88 valence electrons. The van der Waals surface area contributed by atoms with Crippen molar-refractivity contribution in [1.29, 1.82) is 5.26 Å². The molecule has 0 aliphatic carbocycles. The zero-order valence-corrected chi connectivity index (χ0v) is 9.32. The summed E-state index contributed by atoms with van der Waals surface area (Å²) in [5.41, 5.74) is 0. The molecule has 1 N–H and O–H groups in total. The number of rotatable bonds is 1. The van der Waals surface area contributed by atoms with Crippen LogP contribution in [0.15, 0.2) is 0 Å². The van der Waals surface area contributed by atoms with Gasteiger partial charge in [0.05, 0.1) is 18.6 Å². The molecule has 2 aliphatic heterocycles. The molecule has 2 heterocycles. The molecule has 0 radical (unpaired) electrons. The van der Waals surface area contributed by atoms with E-state index in [2.05, 4.69) is 11.4 Å². The Balaban J connectivity index is 1.98. The Labute approximate surface area is 95.4 Å². The SMILES string of the molecule is N#CC1CNCCN1C(=O)C1CCCOC1. The van der Waals surface area contributed by atoms with Crippen LogP contribution in [-0.4, -0.2) is 49.7 Å². The fourth-order valence-corrected chi connectivity index (χ4v) is 2.25. The van der Waals surface area contributed by atoms with Gasteiger partial charge in [0.25, 0.3) is 0 Å². The molecule has 0 bridgehead atoms. The average molecular weight is 223 g/mol. The van der Waals surface area contributed by atoms with Gasteiger partial charge in [0.15, 0.2) is 0 Å². The van der Waals surface area contributed by atoms with Crippen LogP contribution in [0.25, 0.3) is 0 Å². The molecule has 2 fully saturated rings. The summed E-state index contributed by atoms with van der Waals surface area (Å²) in [5.74, 6) is 0.0513. The lowest BCUT2D eigenvalue weighted by Crippen LogP contribution is -2.55. The number of nitrogens with one attached hydrogen (secondary N) is 1. The number of carbonyl (C=O) groups excluding carboxylic acids is 1. The molecule has 2 unspecified atom stereocenters. The molecular weight excluding hydrogens is 206 g/mol. The second-order valence-corrected chi connectivity index (χ2v) is 4.29. The third-order valence-electron chi connectivity index (χ3n) is 3.19. The first kappa shape index (κ1) is 11.4. The Morgan fingerprint density at radius 2 is 2.44 bits per heavy atom. The topological polar surface area (TPSA) is 65.4 Å². The maximum Gasteiger partial charge on any atom is 0.229 e. The van der Waals surface area contributed by atoms with Gasteiger partial charge in [-0.3, -0.25) is 4.79 Å². The van der Waals surface area contributed by atoms with Gasteiger partial charge in [0.2, 0.25) is 5.91 Å². The van der Waals surface area contributed by atoms with Gasteiger partial charge in [-0.05, 0) is 12.8 Å². The maximum atomic E-state index is 12.2. The summed E-state index contributed by atoms with van der Waals surface area (Å²) in [5, 5.41) is 12.1. The number of hydrogen-bond donors (Lipinski definition) is 1. The summed E-state index contributed by atoms with van der Waals surface area (Å²) in [7, 11) is 0. The Bertz CT molecular complexity index is 294. The number of carbonyl (C=O) groups is 1. The lowest BCUT2D eigenvalue weighted by Gasteiger charge is -2.35. The van der Waals surface area contributed by atoms with Crippen molar-refractivity contribution in [2.75, 3.05) is 32.8 Å². The summed E-state index contributed by atoms with van der Waals surface area (Å²) in [4.78, 5) is 13.9. The van der Waals surface area contributed by atoms with E-state index >= 15 is 0 Å². The minimum absolute atomic E-state index is 0.0392. The number of nitriles is 1. The van der Waals surface area contributed by atoms with Crippen LogP contribution in [0.2, 0.25) is 0 Å². The third kappa shape index (κ3) is 2.34. The Morgan fingerprint density at radius 1 is 1.56 bits per heavy atom. The van der Waals surface area contributed by atoms with Crippen LogP contribution in [0.3, 0.4) is 0 Å². The first-order valence-corrected chi connectivity index (χ1v) is 5.81. The maximum absolute atomic E-state index is 12.2. The summed E-state index contributed by atoms with van der Waals surface area (Å²) < 4.78 is 5.32. The Kier molecular flexibility index (Phi) is 3.75. The van der Waals surface area contributed by atoms with Crippen LogP contribution >= 0.6 is 0 Å². The van der Waals surface area contributed by atoms with E-state index in [0.717, 1.165) is 26.0 Å². The van der Waals surface area contributed by atoms with E-state index in [-0.39, 0.29) is 17.9 Å². The number of nitrogens with zero attached hydrogens (tertiary/aromatic N) is 2. The van der Waals surface area contributed by atoms with Crippen LogP contribution in [0.5, 0.6) is 0 Å². The highest BCUT2D eigenvalue weighted by Crippen LogP contribution is 2.18. The van der Waals surface area contributed by atoms with Gasteiger partial charge >= 0.3 is 0 Å². The zero-order chi connectivity index (χ0) is 11.4. The monoisotopic (exact) mass is 223 g/mol. The zero-order valence-electron chi connectivity index (χ0n) is 9.32. The van der Waals surface area contributed by atoms with E-state index in [9.17, 15) is 4.79 Å². The van der Waals surface area contributed by atoms with E-state index in [0.29, 0.717) is 19.7 Å². The second kappa shape index (κ2) is 5.28. The van der Waals surface area contributed by atoms with E-state index in [1.807, 2.05) is 0 Å². The molecule has 0 aromatic heterocycles. The van der Waals surface area contributed by atoms with Gasteiger partial charge in [0, 0.05) is 26.2 Å². The molecule has 2 saturated heterocycles. The minimum Gasteiger partial charge on any atom is -0.381 e. The molecular formula is C11H17N3O2. The van der Waals surface area contributed by atoms with E-state index in [1.54, 1.807) is 4.90 Å². The molecule has 0 saturated carbocycles. The molecule has 16 heavy (non-hydrogen) atoms.